The molecule has 2 aliphatic rings. The van der Waals surface area contributed by atoms with Crippen molar-refractivity contribution >= 4 is 5.69 Å². The molecule has 0 saturated carbocycles. The highest BCUT2D eigenvalue weighted by molar-refractivity contribution is 5.68. The van der Waals surface area contributed by atoms with E-state index < -0.39 is 5.72 Å². The van der Waals surface area contributed by atoms with Crippen molar-refractivity contribution < 1.29 is 5.11 Å². The first-order valence-electron chi connectivity index (χ1n) is 6.77. The molecule has 1 heterocycles. The van der Waals surface area contributed by atoms with Gasteiger partial charge < -0.3 is 10.0 Å². The van der Waals surface area contributed by atoms with Crippen LogP contribution in [0.1, 0.15) is 28.2 Å². The summed E-state index contributed by atoms with van der Waals surface area (Å²) in [5.74, 6) is 0.157. The van der Waals surface area contributed by atoms with Gasteiger partial charge in [0.15, 0.2) is 5.72 Å². The average Bonchev–Trinajstić information content (AvgIpc) is 2.82. The van der Waals surface area contributed by atoms with Crippen LogP contribution in [0.4, 0.5) is 5.69 Å². The molecule has 1 N–H and O–H groups in total. The Kier molecular flexibility index (Phi) is 1.98. The topological polar surface area (TPSA) is 23.5 Å². The van der Waals surface area contributed by atoms with Gasteiger partial charge in [-0.05, 0) is 30.5 Å². The predicted octanol–water partition coefficient (Wildman–Crippen LogP) is 2.93. The fraction of sp³-hybridized carbons (Fsp3) is 0.294. The molecule has 1 aliphatic carbocycles. The number of aliphatic hydroxyl groups is 1. The molecular weight excluding hydrogens is 234 g/mol. The minimum absolute atomic E-state index is 0.157. The highest BCUT2D eigenvalue weighted by atomic mass is 16.3. The molecule has 2 aromatic carbocycles. The van der Waals surface area contributed by atoms with Crippen LogP contribution in [-0.2, 0) is 12.1 Å². The predicted molar refractivity (Wildman–Crippen MR) is 76.4 cm³/mol. The molecule has 2 atom stereocenters. The lowest BCUT2D eigenvalue weighted by Gasteiger charge is -2.33. The van der Waals surface area contributed by atoms with Gasteiger partial charge in [-0.3, -0.25) is 0 Å². The summed E-state index contributed by atoms with van der Waals surface area (Å²) in [6.07, 6.45) is 0.924. The number of hydrogen-bond donors (Lipinski definition) is 1. The molecule has 0 radical (unpaired) electrons. The SMILES string of the molecule is Cc1ccc2c(c1)C1Cc3ccccc3C1(O)N2C. The Labute approximate surface area is 113 Å². The Morgan fingerprint density at radius 1 is 1.21 bits per heavy atom. The first-order chi connectivity index (χ1) is 9.12. The van der Waals surface area contributed by atoms with E-state index in [-0.39, 0.29) is 5.92 Å². The van der Waals surface area contributed by atoms with Crippen molar-refractivity contribution in [2.75, 3.05) is 11.9 Å². The van der Waals surface area contributed by atoms with Gasteiger partial charge in [-0.2, -0.15) is 0 Å². The molecule has 0 bridgehead atoms. The second-order valence-electron chi connectivity index (χ2n) is 5.76. The van der Waals surface area contributed by atoms with E-state index in [1.807, 2.05) is 18.0 Å². The Morgan fingerprint density at radius 3 is 2.84 bits per heavy atom. The summed E-state index contributed by atoms with van der Waals surface area (Å²) in [7, 11) is 2.00. The van der Waals surface area contributed by atoms with Crippen molar-refractivity contribution in [1.82, 2.24) is 0 Å². The van der Waals surface area contributed by atoms with E-state index in [0.717, 1.165) is 17.7 Å². The Balaban J connectivity index is 1.97. The van der Waals surface area contributed by atoms with E-state index in [2.05, 4.69) is 43.3 Å². The maximum absolute atomic E-state index is 11.3. The van der Waals surface area contributed by atoms with Gasteiger partial charge in [0.25, 0.3) is 0 Å². The molecule has 19 heavy (non-hydrogen) atoms. The van der Waals surface area contributed by atoms with Gasteiger partial charge in [-0.25, -0.2) is 0 Å². The molecule has 96 valence electrons. The van der Waals surface area contributed by atoms with Crippen molar-refractivity contribution in [1.29, 1.82) is 0 Å². The largest absolute Gasteiger partial charge is 0.366 e. The van der Waals surface area contributed by atoms with Crippen molar-refractivity contribution in [3.05, 3.63) is 64.7 Å². The Hall–Kier alpha value is -1.80. The number of anilines is 1. The summed E-state index contributed by atoms with van der Waals surface area (Å²) in [6.45, 7) is 2.11. The number of likely N-dealkylation sites (N-methyl/N-ethyl adjacent to an activating group) is 1. The zero-order valence-corrected chi connectivity index (χ0v) is 11.2. The molecule has 4 rings (SSSR count). The number of nitrogens with zero attached hydrogens (tertiary/aromatic N) is 1. The first-order valence-corrected chi connectivity index (χ1v) is 6.77. The van der Waals surface area contributed by atoms with E-state index in [4.69, 9.17) is 0 Å². The molecule has 0 saturated heterocycles. The average molecular weight is 251 g/mol. The fourth-order valence-corrected chi connectivity index (χ4v) is 3.79. The number of fused-ring (bicyclic) bond motifs is 5. The molecule has 1 aliphatic heterocycles. The third-order valence-corrected chi connectivity index (χ3v) is 4.75. The zero-order chi connectivity index (χ0) is 13.2. The molecule has 2 heteroatoms. The van der Waals surface area contributed by atoms with E-state index >= 15 is 0 Å². The lowest BCUT2D eigenvalue weighted by molar-refractivity contribution is 0.0306. The van der Waals surface area contributed by atoms with Crippen LogP contribution in [-0.4, -0.2) is 12.2 Å². The number of rotatable bonds is 0. The van der Waals surface area contributed by atoms with Gasteiger partial charge in [0.1, 0.15) is 0 Å². The smallest absolute Gasteiger partial charge is 0.171 e. The van der Waals surface area contributed by atoms with Gasteiger partial charge in [0.2, 0.25) is 0 Å². The highest BCUT2D eigenvalue weighted by Crippen LogP contribution is 2.57. The standard InChI is InChI=1S/C17H17NO/c1-11-7-8-16-13(9-11)15-10-12-5-3-4-6-14(12)17(15,19)18(16)2/h3-9,15,19H,10H2,1-2H3. The van der Waals surface area contributed by atoms with Crippen LogP contribution < -0.4 is 4.90 Å². The number of hydrogen-bond acceptors (Lipinski definition) is 2. The highest BCUT2D eigenvalue weighted by Gasteiger charge is 2.54. The third-order valence-electron chi connectivity index (χ3n) is 4.75. The van der Waals surface area contributed by atoms with E-state index in [1.54, 1.807) is 0 Å². The second kappa shape index (κ2) is 3.40. The van der Waals surface area contributed by atoms with Crippen LogP contribution in [0.3, 0.4) is 0 Å². The van der Waals surface area contributed by atoms with E-state index in [1.165, 1.54) is 16.7 Å². The first kappa shape index (κ1) is 11.1. The lowest BCUT2D eigenvalue weighted by Crippen LogP contribution is -2.41. The van der Waals surface area contributed by atoms with Crippen LogP contribution >= 0.6 is 0 Å². The van der Waals surface area contributed by atoms with Crippen molar-refractivity contribution in [3.8, 4) is 0 Å². The molecule has 0 aromatic heterocycles. The van der Waals surface area contributed by atoms with Gasteiger partial charge in [-0.1, -0.05) is 42.0 Å². The number of aryl methyl sites for hydroxylation is 1. The van der Waals surface area contributed by atoms with Crippen LogP contribution in [0.15, 0.2) is 42.5 Å². The van der Waals surface area contributed by atoms with Crippen molar-refractivity contribution in [2.45, 2.75) is 25.0 Å². The normalized spacial score (nSPS) is 27.1. The van der Waals surface area contributed by atoms with E-state index in [9.17, 15) is 5.11 Å². The number of benzene rings is 2. The Morgan fingerprint density at radius 2 is 2.00 bits per heavy atom. The molecular formula is C17H17NO. The monoisotopic (exact) mass is 251 g/mol. The minimum atomic E-state index is -0.868. The molecule has 2 unspecified atom stereocenters. The van der Waals surface area contributed by atoms with Gasteiger partial charge in [0.05, 0.1) is 0 Å². The van der Waals surface area contributed by atoms with Gasteiger partial charge in [-0.15, -0.1) is 0 Å². The minimum Gasteiger partial charge on any atom is -0.366 e. The summed E-state index contributed by atoms with van der Waals surface area (Å²) in [6, 6.07) is 14.7. The summed E-state index contributed by atoms with van der Waals surface area (Å²) in [5.41, 5.74) is 5.17. The Bertz CT molecular complexity index is 679. The van der Waals surface area contributed by atoms with E-state index in [0.29, 0.717) is 0 Å². The van der Waals surface area contributed by atoms with Crippen molar-refractivity contribution in [2.24, 2.45) is 0 Å². The second-order valence-corrected chi connectivity index (χ2v) is 5.76. The fourth-order valence-electron chi connectivity index (χ4n) is 3.79. The maximum Gasteiger partial charge on any atom is 0.171 e. The van der Waals surface area contributed by atoms with Crippen LogP contribution in [0.2, 0.25) is 0 Å². The van der Waals surface area contributed by atoms with Crippen LogP contribution in [0, 0.1) is 6.92 Å². The summed E-state index contributed by atoms with van der Waals surface area (Å²) in [5, 5.41) is 11.3. The molecule has 2 aromatic rings. The summed E-state index contributed by atoms with van der Waals surface area (Å²) in [4.78, 5) is 2.04. The molecule has 0 fully saturated rings. The molecule has 0 amide bonds. The van der Waals surface area contributed by atoms with Crippen molar-refractivity contribution in [3.63, 3.8) is 0 Å². The summed E-state index contributed by atoms with van der Waals surface area (Å²) < 4.78 is 0. The maximum atomic E-state index is 11.3. The zero-order valence-electron chi connectivity index (χ0n) is 11.2. The van der Waals surface area contributed by atoms with Gasteiger partial charge in [0, 0.05) is 24.2 Å². The van der Waals surface area contributed by atoms with Crippen LogP contribution in [0.5, 0.6) is 0 Å². The molecule has 2 nitrogen and oxygen atoms in total. The van der Waals surface area contributed by atoms with Gasteiger partial charge >= 0.3 is 0 Å². The molecule has 0 spiro atoms. The quantitative estimate of drug-likeness (QED) is 0.778. The lowest BCUT2D eigenvalue weighted by atomic mass is 9.92. The summed E-state index contributed by atoms with van der Waals surface area (Å²) >= 11 is 0. The van der Waals surface area contributed by atoms with Crippen LogP contribution in [0.25, 0.3) is 0 Å². The third kappa shape index (κ3) is 1.20.